The Bertz CT molecular complexity index is 729. The zero-order valence-electron chi connectivity index (χ0n) is 14.6. The molecule has 4 nitrogen and oxygen atoms in total. The Morgan fingerprint density at radius 1 is 0.808 bits per heavy atom. The number of carboxylic acids is 1. The maximum absolute atomic E-state index is 13.3. The van der Waals surface area contributed by atoms with Crippen molar-refractivity contribution in [3.8, 4) is 0 Å². The van der Waals surface area contributed by atoms with Gasteiger partial charge in [0.25, 0.3) is 0 Å². The zero-order valence-corrected chi connectivity index (χ0v) is 14.6. The van der Waals surface area contributed by atoms with Gasteiger partial charge in [-0.15, -0.1) is 0 Å². The second-order valence-corrected chi connectivity index (χ2v) is 6.66. The molecule has 0 unspecified atom stereocenters. The van der Waals surface area contributed by atoms with E-state index < -0.39 is 17.8 Å². The van der Waals surface area contributed by atoms with Gasteiger partial charge in [0.2, 0.25) is 5.91 Å². The van der Waals surface area contributed by atoms with Gasteiger partial charge in [-0.3, -0.25) is 9.59 Å². The molecular weight excluding hydrogens is 326 g/mol. The molecule has 1 N–H and O–H groups in total. The summed E-state index contributed by atoms with van der Waals surface area (Å²) < 4.78 is 0. The number of benzene rings is 2. The Morgan fingerprint density at radius 2 is 1.27 bits per heavy atom. The second kappa shape index (κ2) is 8.48. The molecule has 0 bridgehead atoms. The maximum atomic E-state index is 13.3. The van der Waals surface area contributed by atoms with Crippen LogP contribution in [0.2, 0.25) is 0 Å². The second-order valence-electron chi connectivity index (χ2n) is 6.66. The van der Waals surface area contributed by atoms with Crippen LogP contribution in [-0.4, -0.2) is 21.9 Å². The number of hydrogen-bond acceptors (Lipinski definition) is 2. The highest BCUT2D eigenvalue weighted by molar-refractivity contribution is 5.85. The van der Waals surface area contributed by atoms with E-state index in [0.717, 1.165) is 11.1 Å². The summed E-state index contributed by atoms with van der Waals surface area (Å²) in [4.78, 5) is 26.6. The Labute approximate surface area is 153 Å². The summed E-state index contributed by atoms with van der Waals surface area (Å²) in [6.07, 6.45) is 4.68. The van der Waals surface area contributed by atoms with E-state index in [-0.39, 0.29) is 5.91 Å². The van der Waals surface area contributed by atoms with Crippen LogP contribution >= 0.6 is 0 Å². The Morgan fingerprint density at radius 3 is 1.73 bits per heavy atom. The van der Waals surface area contributed by atoms with Crippen LogP contribution in [0, 0.1) is 11.8 Å². The lowest BCUT2D eigenvalue weighted by Crippen LogP contribution is -2.41. The minimum absolute atomic E-state index is 0.0885. The van der Waals surface area contributed by atoms with Gasteiger partial charge in [0, 0.05) is 13.1 Å². The Balaban J connectivity index is 1.84. The average Bonchev–Trinajstić information content (AvgIpc) is 2.68. The SMILES string of the molecule is O=C(O)[C@H]1CC=CC[C@H]1C(=O)N(Cc1ccccc1)Cc1ccccc1. The first-order valence-electron chi connectivity index (χ1n) is 8.89. The highest BCUT2D eigenvalue weighted by Crippen LogP contribution is 2.29. The van der Waals surface area contributed by atoms with Crippen LogP contribution in [0.5, 0.6) is 0 Å². The lowest BCUT2D eigenvalue weighted by molar-refractivity contribution is -0.151. The number of hydrogen-bond donors (Lipinski definition) is 1. The third-order valence-electron chi connectivity index (χ3n) is 4.81. The number of amides is 1. The molecule has 0 saturated heterocycles. The van der Waals surface area contributed by atoms with E-state index in [1.54, 1.807) is 4.90 Å². The molecule has 0 aromatic heterocycles. The smallest absolute Gasteiger partial charge is 0.307 e. The summed E-state index contributed by atoms with van der Waals surface area (Å²) in [6, 6.07) is 19.6. The monoisotopic (exact) mass is 349 g/mol. The molecule has 0 heterocycles. The van der Waals surface area contributed by atoms with E-state index in [4.69, 9.17) is 0 Å². The summed E-state index contributed by atoms with van der Waals surface area (Å²) in [6.45, 7) is 0.947. The standard InChI is InChI=1S/C22H23NO3/c24-21(19-13-7-8-14-20(19)22(25)26)23(15-17-9-3-1-4-10-17)16-18-11-5-2-6-12-18/h1-12,19-20H,13-16H2,(H,25,26)/t19-,20+/m1/s1. The summed E-state index contributed by atoms with van der Waals surface area (Å²) >= 11 is 0. The molecule has 0 fully saturated rings. The third kappa shape index (κ3) is 4.39. The number of allylic oxidation sites excluding steroid dienone is 2. The van der Waals surface area contributed by atoms with Crippen molar-refractivity contribution in [1.82, 2.24) is 4.90 Å². The number of carboxylic acid groups (broad SMARTS) is 1. The van der Waals surface area contributed by atoms with Gasteiger partial charge in [0.05, 0.1) is 11.8 Å². The van der Waals surface area contributed by atoms with E-state index in [1.165, 1.54) is 0 Å². The molecule has 0 spiro atoms. The highest BCUT2D eigenvalue weighted by atomic mass is 16.4. The number of aliphatic carboxylic acids is 1. The lowest BCUT2D eigenvalue weighted by Gasteiger charge is -2.31. The molecule has 2 aromatic carbocycles. The van der Waals surface area contributed by atoms with Crippen LogP contribution in [0.15, 0.2) is 72.8 Å². The van der Waals surface area contributed by atoms with Crippen molar-refractivity contribution in [3.05, 3.63) is 83.9 Å². The van der Waals surface area contributed by atoms with Crippen molar-refractivity contribution >= 4 is 11.9 Å². The van der Waals surface area contributed by atoms with Crippen LogP contribution in [-0.2, 0) is 22.7 Å². The molecule has 134 valence electrons. The first-order valence-corrected chi connectivity index (χ1v) is 8.89. The van der Waals surface area contributed by atoms with E-state index in [0.29, 0.717) is 25.9 Å². The van der Waals surface area contributed by atoms with Gasteiger partial charge in [-0.2, -0.15) is 0 Å². The minimum atomic E-state index is -0.896. The van der Waals surface area contributed by atoms with Crippen LogP contribution < -0.4 is 0 Å². The van der Waals surface area contributed by atoms with Crippen LogP contribution in [0.4, 0.5) is 0 Å². The van der Waals surface area contributed by atoms with Gasteiger partial charge in [-0.25, -0.2) is 0 Å². The molecule has 1 aliphatic rings. The van der Waals surface area contributed by atoms with Gasteiger partial charge in [-0.05, 0) is 24.0 Å². The summed E-state index contributed by atoms with van der Waals surface area (Å²) in [7, 11) is 0. The van der Waals surface area contributed by atoms with Gasteiger partial charge in [0.15, 0.2) is 0 Å². The first-order chi connectivity index (χ1) is 12.6. The Hall–Kier alpha value is -2.88. The minimum Gasteiger partial charge on any atom is -0.481 e. The number of nitrogens with zero attached hydrogens (tertiary/aromatic N) is 1. The first kappa shape index (κ1) is 17.9. The fourth-order valence-electron chi connectivity index (χ4n) is 3.41. The van der Waals surface area contributed by atoms with Crippen molar-refractivity contribution in [1.29, 1.82) is 0 Å². The summed E-state index contributed by atoms with van der Waals surface area (Å²) in [5.74, 6) is -2.15. The van der Waals surface area contributed by atoms with E-state index >= 15 is 0 Å². The molecule has 2 atom stereocenters. The zero-order chi connectivity index (χ0) is 18.4. The van der Waals surface area contributed by atoms with Crippen molar-refractivity contribution < 1.29 is 14.7 Å². The van der Waals surface area contributed by atoms with Crippen molar-refractivity contribution in [2.75, 3.05) is 0 Å². The van der Waals surface area contributed by atoms with Crippen LogP contribution in [0.1, 0.15) is 24.0 Å². The van der Waals surface area contributed by atoms with Crippen molar-refractivity contribution in [3.63, 3.8) is 0 Å². The molecule has 0 radical (unpaired) electrons. The third-order valence-corrected chi connectivity index (χ3v) is 4.81. The van der Waals surface area contributed by atoms with Crippen LogP contribution in [0.25, 0.3) is 0 Å². The molecule has 4 heteroatoms. The predicted octanol–water partition coefficient (Wildman–Crippen LogP) is 3.88. The molecule has 0 saturated carbocycles. The molecule has 0 aliphatic heterocycles. The normalized spacial score (nSPS) is 19.1. The fraction of sp³-hybridized carbons (Fsp3) is 0.273. The van der Waals surface area contributed by atoms with Crippen LogP contribution in [0.3, 0.4) is 0 Å². The van der Waals surface area contributed by atoms with E-state index in [1.807, 2.05) is 72.8 Å². The molecule has 1 amide bonds. The fourth-order valence-corrected chi connectivity index (χ4v) is 3.41. The van der Waals surface area contributed by atoms with Gasteiger partial charge < -0.3 is 10.0 Å². The summed E-state index contributed by atoms with van der Waals surface area (Å²) in [5.41, 5.74) is 2.07. The molecule has 3 rings (SSSR count). The van der Waals surface area contributed by atoms with Crippen molar-refractivity contribution in [2.45, 2.75) is 25.9 Å². The highest BCUT2D eigenvalue weighted by Gasteiger charge is 2.36. The lowest BCUT2D eigenvalue weighted by atomic mass is 9.82. The predicted molar refractivity (Wildman–Crippen MR) is 100 cm³/mol. The quantitative estimate of drug-likeness (QED) is 0.805. The number of carbonyl (C=O) groups excluding carboxylic acids is 1. The molecule has 1 aliphatic carbocycles. The molecule has 2 aromatic rings. The molecular formula is C22H23NO3. The van der Waals surface area contributed by atoms with Gasteiger partial charge >= 0.3 is 5.97 Å². The van der Waals surface area contributed by atoms with E-state index in [2.05, 4.69) is 0 Å². The molecule has 26 heavy (non-hydrogen) atoms. The maximum Gasteiger partial charge on any atom is 0.307 e. The van der Waals surface area contributed by atoms with Gasteiger partial charge in [0.1, 0.15) is 0 Å². The van der Waals surface area contributed by atoms with Gasteiger partial charge in [-0.1, -0.05) is 72.8 Å². The Kier molecular flexibility index (Phi) is 5.84. The largest absolute Gasteiger partial charge is 0.481 e. The topological polar surface area (TPSA) is 57.6 Å². The number of rotatable bonds is 6. The summed E-state index contributed by atoms with van der Waals surface area (Å²) in [5, 5.41) is 9.51. The van der Waals surface area contributed by atoms with Crippen molar-refractivity contribution in [2.24, 2.45) is 11.8 Å². The van der Waals surface area contributed by atoms with E-state index in [9.17, 15) is 14.7 Å². The average molecular weight is 349 g/mol. The number of carbonyl (C=O) groups is 2.